The van der Waals surface area contributed by atoms with E-state index in [1.165, 1.54) is 27.8 Å². The molecule has 0 fully saturated rings. The van der Waals surface area contributed by atoms with Crippen LogP contribution in [0.1, 0.15) is 39.6 Å². The first-order valence-corrected chi connectivity index (χ1v) is 13.1. The number of hydrogen-bond acceptors (Lipinski definition) is 1. The van der Waals surface area contributed by atoms with Crippen molar-refractivity contribution in [3.63, 3.8) is 0 Å². The number of allylic oxidation sites excluding steroid dienone is 1. The van der Waals surface area contributed by atoms with Gasteiger partial charge in [-0.2, -0.15) is 0 Å². The van der Waals surface area contributed by atoms with E-state index in [-0.39, 0.29) is 6.04 Å². The van der Waals surface area contributed by atoms with Crippen molar-refractivity contribution in [1.82, 2.24) is 9.79 Å². The van der Waals surface area contributed by atoms with Crippen molar-refractivity contribution >= 4 is 30.1 Å². The van der Waals surface area contributed by atoms with Gasteiger partial charge in [-0.25, -0.2) is 0 Å². The Labute approximate surface area is 224 Å². The predicted octanol–water partition coefficient (Wildman–Crippen LogP) is 8.09. The van der Waals surface area contributed by atoms with Gasteiger partial charge >= 0.3 is 7.69 Å². The molecule has 1 aromatic heterocycles. The standard InChI is InChI=1S/C34H30BFN2/c1-22-13-15-26(16-14-22)34-29-12-8-7-11-28(29)33(38(34)35-36)21-32-30(27-18-23(2)17-24(3)19-27)20-31(37-32)25-9-5-4-6-10-25/h4-21,31,35,37H,1-3H3/b32-21-. The van der Waals surface area contributed by atoms with Crippen LogP contribution in [0.15, 0.2) is 109 Å². The third-order valence-corrected chi connectivity index (χ3v) is 7.37. The summed E-state index contributed by atoms with van der Waals surface area (Å²) >= 11 is 0. The highest BCUT2D eigenvalue weighted by Crippen LogP contribution is 2.39. The molecule has 1 aliphatic rings. The maximum atomic E-state index is 14.9. The van der Waals surface area contributed by atoms with Crippen molar-refractivity contribution in [3.05, 3.63) is 142 Å². The second kappa shape index (κ2) is 9.87. The lowest BCUT2D eigenvalue weighted by Gasteiger charge is -2.14. The number of benzene rings is 4. The van der Waals surface area contributed by atoms with Gasteiger partial charge in [0.1, 0.15) is 0 Å². The van der Waals surface area contributed by atoms with Gasteiger partial charge in [-0.3, -0.25) is 0 Å². The third kappa shape index (κ3) is 4.37. The largest absolute Gasteiger partial charge is 0.449 e. The van der Waals surface area contributed by atoms with Gasteiger partial charge in [0, 0.05) is 33.4 Å². The molecule has 0 saturated carbocycles. The summed E-state index contributed by atoms with van der Waals surface area (Å²) < 4.78 is 16.7. The summed E-state index contributed by atoms with van der Waals surface area (Å²) in [6.45, 7) is 6.34. The molecule has 2 heterocycles. The van der Waals surface area contributed by atoms with Crippen LogP contribution in [0.25, 0.3) is 33.7 Å². The molecule has 6 rings (SSSR count). The van der Waals surface area contributed by atoms with Crippen LogP contribution in [0.5, 0.6) is 0 Å². The van der Waals surface area contributed by atoms with Gasteiger partial charge in [-0.05, 0) is 49.6 Å². The van der Waals surface area contributed by atoms with Gasteiger partial charge in [0.05, 0.1) is 6.04 Å². The molecule has 0 saturated heterocycles. The summed E-state index contributed by atoms with van der Waals surface area (Å²) in [5.74, 6) is 0. The first-order chi connectivity index (χ1) is 18.5. The minimum atomic E-state index is -0.609. The molecule has 5 aromatic rings. The molecule has 1 unspecified atom stereocenters. The van der Waals surface area contributed by atoms with Gasteiger partial charge in [-0.1, -0.05) is 114 Å². The van der Waals surface area contributed by atoms with Crippen molar-refractivity contribution in [2.24, 2.45) is 0 Å². The topological polar surface area (TPSA) is 17.0 Å². The van der Waals surface area contributed by atoms with Gasteiger partial charge in [0.2, 0.25) is 0 Å². The Morgan fingerprint density at radius 1 is 0.737 bits per heavy atom. The molecule has 1 atom stereocenters. The Bertz CT molecular complexity index is 1670. The van der Waals surface area contributed by atoms with E-state index in [4.69, 9.17) is 0 Å². The smallest absolute Gasteiger partial charge is 0.374 e. The molecule has 0 radical (unpaired) electrons. The average molecular weight is 496 g/mol. The molecule has 2 nitrogen and oxygen atoms in total. The van der Waals surface area contributed by atoms with Crippen LogP contribution in [0.2, 0.25) is 0 Å². The minimum absolute atomic E-state index is 0.0369. The highest BCUT2D eigenvalue weighted by atomic mass is 19.1. The number of aryl methyl sites for hydroxylation is 3. The quantitative estimate of drug-likeness (QED) is 0.243. The number of halogens is 1. The molecule has 0 spiro atoms. The number of rotatable bonds is 5. The molecule has 0 bridgehead atoms. The molecule has 38 heavy (non-hydrogen) atoms. The fourth-order valence-electron chi connectivity index (χ4n) is 5.65. The normalized spacial score (nSPS) is 16.1. The first kappa shape index (κ1) is 24.1. The molecule has 4 heteroatoms. The van der Waals surface area contributed by atoms with E-state index in [9.17, 15) is 4.32 Å². The minimum Gasteiger partial charge on any atom is -0.374 e. The number of nitrogens with one attached hydrogen (secondary N) is 1. The number of aromatic nitrogens is 1. The van der Waals surface area contributed by atoms with Gasteiger partial charge in [-0.15, -0.1) is 0 Å². The van der Waals surface area contributed by atoms with Crippen molar-refractivity contribution in [1.29, 1.82) is 0 Å². The van der Waals surface area contributed by atoms with E-state index in [1.807, 2.05) is 18.2 Å². The fourth-order valence-corrected chi connectivity index (χ4v) is 5.65. The first-order valence-electron chi connectivity index (χ1n) is 13.1. The lowest BCUT2D eigenvalue weighted by atomic mass is 9.98. The number of nitrogens with zero attached hydrogens (tertiary/aromatic N) is 1. The van der Waals surface area contributed by atoms with Gasteiger partial charge < -0.3 is 14.1 Å². The molecule has 0 aliphatic carbocycles. The van der Waals surface area contributed by atoms with E-state index < -0.39 is 7.69 Å². The van der Waals surface area contributed by atoms with E-state index in [2.05, 4.69) is 117 Å². The average Bonchev–Trinajstić information content (AvgIpc) is 3.49. The van der Waals surface area contributed by atoms with Crippen LogP contribution in [0.4, 0.5) is 4.32 Å². The SMILES string of the molecule is Cc1ccc(-c2c3ccccc3c(/C=C3\NC(c4ccccc4)C=C3c3cc(C)cc(C)c3)n2BF)cc1. The highest BCUT2D eigenvalue weighted by molar-refractivity contribution is 6.29. The highest BCUT2D eigenvalue weighted by Gasteiger charge is 2.25. The molecule has 0 amide bonds. The monoisotopic (exact) mass is 496 g/mol. The molecule has 1 aliphatic heterocycles. The van der Waals surface area contributed by atoms with E-state index in [1.54, 1.807) is 4.48 Å². The predicted molar refractivity (Wildman–Crippen MR) is 160 cm³/mol. The van der Waals surface area contributed by atoms with Gasteiger partial charge in [0.25, 0.3) is 0 Å². The Morgan fingerprint density at radius 3 is 2.08 bits per heavy atom. The maximum Gasteiger partial charge on any atom is 0.449 e. The summed E-state index contributed by atoms with van der Waals surface area (Å²) in [7, 11) is -0.609. The fraction of sp³-hybridized carbons (Fsp3) is 0.118. The lowest BCUT2D eigenvalue weighted by molar-refractivity contribution is 0.767. The van der Waals surface area contributed by atoms with Crippen LogP contribution in [-0.2, 0) is 0 Å². The molecular formula is C34H30BFN2. The zero-order valence-corrected chi connectivity index (χ0v) is 22.0. The zero-order valence-electron chi connectivity index (χ0n) is 22.0. The van der Waals surface area contributed by atoms with Crippen LogP contribution in [0, 0.1) is 20.8 Å². The van der Waals surface area contributed by atoms with Crippen LogP contribution in [0.3, 0.4) is 0 Å². The second-order valence-electron chi connectivity index (χ2n) is 10.2. The number of fused-ring (bicyclic) bond motifs is 1. The molecule has 4 aromatic carbocycles. The van der Waals surface area contributed by atoms with Crippen LogP contribution < -0.4 is 5.32 Å². The van der Waals surface area contributed by atoms with E-state index in [0.29, 0.717) is 0 Å². The third-order valence-electron chi connectivity index (χ3n) is 7.37. The zero-order chi connectivity index (χ0) is 26.2. The summed E-state index contributed by atoms with van der Waals surface area (Å²) in [5.41, 5.74) is 10.9. The van der Waals surface area contributed by atoms with Crippen LogP contribution in [-0.4, -0.2) is 12.2 Å². The van der Waals surface area contributed by atoms with E-state index >= 15 is 0 Å². The van der Waals surface area contributed by atoms with Crippen molar-refractivity contribution in [3.8, 4) is 11.3 Å². The summed E-state index contributed by atoms with van der Waals surface area (Å²) in [5, 5.41) is 5.84. The molecule has 1 N–H and O–H groups in total. The Balaban J connectivity index is 1.56. The Morgan fingerprint density at radius 2 is 1.39 bits per heavy atom. The molecular weight excluding hydrogens is 466 g/mol. The maximum absolute atomic E-state index is 14.9. The lowest BCUT2D eigenvalue weighted by Crippen LogP contribution is -2.14. The Kier molecular flexibility index (Phi) is 6.25. The van der Waals surface area contributed by atoms with E-state index in [0.717, 1.165) is 39.0 Å². The Hall–Kier alpha value is -4.31. The number of hydrogen-bond donors (Lipinski definition) is 1. The summed E-state index contributed by atoms with van der Waals surface area (Å²) in [6.07, 6.45) is 4.42. The summed E-state index contributed by atoms with van der Waals surface area (Å²) in [6, 6.07) is 33.7. The molecule has 186 valence electrons. The second-order valence-corrected chi connectivity index (χ2v) is 10.2. The van der Waals surface area contributed by atoms with Crippen molar-refractivity contribution in [2.45, 2.75) is 26.8 Å². The van der Waals surface area contributed by atoms with Gasteiger partial charge in [0.15, 0.2) is 0 Å². The summed E-state index contributed by atoms with van der Waals surface area (Å²) in [4.78, 5) is 0. The van der Waals surface area contributed by atoms with Crippen molar-refractivity contribution < 1.29 is 4.32 Å². The van der Waals surface area contributed by atoms with Crippen LogP contribution >= 0.6 is 0 Å². The van der Waals surface area contributed by atoms with Crippen molar-refractivity contribution in [2.75, 3.05) is 0 Å².